The van der Waals surface area contributed by atoms with Crippen molar-refractivity contribution in [3.63, 3.8) is 0 Å². The molecule has 2 aliphatic rings. The van der Waals surface area contributed by atoms with Crippen LogP contribution in [-0.4, -0.2) is 16.7 Å². The van der Waals surface area contributed by atoms with Crippen LogP contribution >= 0.6 is 0 Å². The average molecular weight is 345 g/mol. The third kappa shape index (κ3) is 4.15. The summed E-state index contributed by atoms with van der Waals surface area (Å²) in [6.07, 6.45) is 7.53. The molecule has 3 rings (SSSR count). The molecule has 0 heterocycles. The lowest BCUT2D eigenvalue weighted by molar-refractivity contribution is -0.383. The fourth-order valence-corrected chi connectivity index (χ4v) is 3.73. The lowest BCUT2D eigenvalue weighted by atomic mass is 10.1. The number of amides is 2. The molecule has 1 aromatic carbocycles. The van der Waals surface area contributed by atoms with Crippen LogP contribution < -0.4 is 10.6 Å². The summed E-state index contributed by atoms with van der Waals surface area (Å²) in [5, 5.41) is 16.7. The fraction of sp³-hybridized carbons (Fsp3) is 0.556. The standard InChI is InChI=1S/C18H23N3O4/c22-17(12-5-1-2-6-12)19-14-9-10-16(21(24)25)15(11-14)20-18(23)13-7-3-4-8-13/h9-13H,1-8H2,(H,19,22)(H,20,23). The summed E-state index contributed by atoms with van der Waals surface area (Å²) in [7, 11) is 0. The van der Waals surface area contributed by atoms with Gasteiger partial charge in [0.15, 0.2) is 0 Å². The summed E-state index contributed by atoms with van der Waals surface area (Å²) in [5.74, 6) is -0.317. The molecule has 0 aliphatic heterocycles. The highest BCUT2D eigenvalue weighted by atomic mass is 16.6. The summed E-state index contributed by atoms with van der Waals surface area (Å²) >= 11 is 0. The zero-order valence-electron chi connectivity index (χ0n) is 14.1. The van der Waals surface area contributed by atoms with Crippen LogP contribution in [0.2, 0.25) is 0 Å². The van der Waals surface area contributed by atoms with Crippen LogP contribution in [0.5, 0.6) is 0 Å². The van der Waals surface area contributed by atoms with Crippen molar-refractivity contribution in [2.24, 2.45) is 11.8 Å². The zero-order chi connectivity index (χ0) is 17.8. The number of nitrogens with one attached hydrogen (secondary N) is 2. The van der Waals surface area contributed by atoms with Gasteiger partial charge in [0.05, 0.1) is 4.92 Å². The zero-order valence-corrected chi connectivity index (χ0v) is 14.1. The molecular formula is C18H23N3O4. The Labute approximate surface area is 146 Å². The highest BCUT2D eigenvalue weighted by Crippen LogP contribution is 2.32. The number of benzene rings is 1. The third-order valence-electron chi connectivity index (χ3n) is 5.17. The Bertz CT molecular complexity index is 677. The van der Waals surface area contributed by atoms with E-state index in [0.29, 0.717) is 5.69 Å². The number of nitro groups is 1. The van der Waals surface area contributed by atoms with Crippen LogP contribution in [0.1, 0.15) is 51.4 Å². The second-order valence-corrected chi connectivity index (χ2v) is 6.93. The summed E-state index contributed by atoms with van der Waals surface area (Å²) in [6.45, 7) is 0. The average Bonchev–Trinajstić information content (AvgIpc) is 3.28. The number of hydrogen-bond donors (Lipinski definition) is 2. The van der Waals surface area contributed by atoms with E-state index in [1.165, 1.54) is 18.2 Å². The van der Waals surface area contributed by atoms with Gasteiger partial charge in [-0.3, -0.25) is 19.7 Å². The molecule has 134 valence electrons. The normalized spacial score (nSPS) is 18.2. The first kappa shape index (κ1) is 17.4. The minimum absolute atomic E-state index is 0.00622. The molecule has 2 N–H and O–H groups in total. The van der Waals surface area contributed by atoms with Gasteiger partial charge in [-0.2, -0.15) is 0 Å². The van der Waals surface area contributed by atoms with Gasteiger partial charge in [0.1, 0.15) is 5.69 Å². The van der Waals surface area contributed by atoms with Crippen LogP contribution in [0.4, 0.5) is 17.1 Å². The molecule has 0 radical (unpaired) electrons. The molecule has 7 nitrogen and oxygen atoms in total. The van der Waals surface area contributed by atoms with Gasteiger partial charge < -0.3 is 10.6 Å². The predicted octanol–water partition coefficient (Wildman–Crippen LogP) is 3.85. The molecule has 0 spiro atoms. The second-order valence-electron chi connectivity index (χ2n) is 6.93. The van der Waals surface area contributed by atoms with E-state index in [4.69, 9.17) is 0 Å². The van der Waals surface area contributed by atoms with E-state index in [9.17, 15) is 19.7 Å². The third-order valence-corrected chi connectivity index (χ3v) is 5.17. The van der Waals surface area contributed by atoms with Crippen molar-refractivity contribution >= 4 is 28.9 Å². The molecule has 1 aromatic rings. The summed E-state index contributed by atoms with van der Waals surface area (Å²) in [6, 6.07) is 4.32. The topological polar surface area (TPSA) is 101 Å². The minimum Gasteiger partial charge on any atom is -0.326 e. The van der Waals surface area contributed by atoms with Gasteiger partial charge in [-0.05, 0) is 37.8 Å². The number of nitro benzene ring substituents is 1. The number of nitrogens with zero attached hydrogens (tertiary/aromatic N) is 1. The lowest BCUT2D eigenvalue weighted by Crippen LogP contribution is -2.22. The smallest absolute Gasteiger partial charge is 0.292 e. The molecule has 0 bridgehead atoms. The van der Waals surface area contributed by atoms with Crippen LogP contribution in [0.15, 0.2) is 18.2 Å². The molecule has 2 saturated carbocycles. The lowest BCUT2D eigenvalue weighted by Gasteiger charge is -2.14. The second kappa shape index (κ2) is 7.63. The maximum atomic E-state index is 12.3. The Balaban J connectivity index is 1.75. The summed E-state index contributed by atoms with van der Waals surface area (Å²) in [5.41, 5.74) is 0.459. The molecule has 2 amide bonds. The highest BCUT2D eigenvalue weighted by molar-refractivity contribution is 5.97. The predicted molar refractivity (Wildman–Crippen MR) is 94.3 cm³/mol. The molecular weight excluding hydrogens is 322 g/mol. The molecule has 0 unspecified atom stereocenters. The number of hydrogen-bond acceptors (Lipinski definition) is 4. The van der Waals surface area contributed by atoms with E-state index in [0.717, 1.165) is 51.4 Å². The van der Waals surface area contributed by atoms with Gasteiger partial charge in [0.2, 0.25) is 11.8 Å². The van der Waals surface area contributed by atoms with E-state index in [-0.39, 0.29) is 35.0 Å². The van der Waals surface area contributed by atoms with E-state index in [2.05, 4.69) is 10.6 Å². The first-order chi connectivity index (χ1) is 12.0. The van der Waals surface area contributed by atoms with Crippen LogP contribution in [-0.2, 0) is 9.59 Å². The number of carbonyl (C=O) groups excluding carboxylic acids is 2. The summed E-state index contributed by atoms with van der Waals surface area (Å²) < 4.78 is 0. The Kier molecular flexibility index (Phi) is 5.31. The quantitative estimate of drug-likeness (QED) is 0.625. The number of carbonyl (C=O) groups is 2. The van der Waals surface area contributed by atoms with Crippen molar-refractivity contribution in [3.8, 4) is 0 Å². The van der Waals surface area contributed by atoms with E-state index >= 15 is 0 Å². The highest BCUT2D eigenvalue weighted by Gasteiger charge is 2.26. The Hall–Kier alpha value is -2.44. The van der Waals surface area contributed by atoms with Crippen molar-refractivity contribution in [1.29, 1.82) is 0 Å². The molecule has 0 aromatic heterocycles. The van der Waals surface area contributed by atoms with Gasteiger partial charge in [0.25, 0.3) is 5.69 Å². The molecule has 0 saturated heterocycles. The molecule has 7 heteroatoms. The molecule has 2 fully saturated rings. The van der Waals surface area contributed by atoms with Gasteiger partial charge in [-0.1, -0.05) is 25.7 Å². The van der Waals surface area contributed by atoms with E-state index in [1.807, 2.05) is 0 Å². The number of anilines is 2. The van der Waals surface area contributed by atoms with Gasteiger partial charge in [0, 0.05) is 23.6 Å². The van der Waals surface area contributed by atoms with E-state index in [1.54, 1.807) is 0 Å². The monoisotopic (exact) mass is 345 g/mol. The van der Waals surface area contributed by atoms with Crippen LogP contribution in [0.25, 0.3) is 0 Å². The van der Waals surface area contributed by atoms with Crippen molar-refractivity contribution in [3.05, 3.63) is 28.3 Å². The van der Waals surface area contributed by atoms with Gasteiger partial charge in [-0.15, -0.1) is 0 Å². The first-order valence-electron chi connectivity index (χ1n) is 8.95. The Morgan fingerprint density at radius 1 is 0.920 bits per heavy atom. The first-order valence-corrected chi connectivity index (χ1v) is 8.95. The van der Waals surface area contributed by atoms with E-state index < -0.39 is 4.92 Å². The van der Waals surface area contributed by atoms with Gasteiger partial charge >= 0.3 is 0 Å². The van der Waals surface area contributed by atoms with Crippen molar-refractivity contribution < 1.29 is 14.5 Å². The van der Waals surface area contributed by atoms with Crippen LogP contribution in [0.3, 0.4) is 0 Å². The molecule has 25 heavy (non-hydrogen) atoms. The van der Waals surface area contributed by atoms with Crippen molar-refractivity contribution in [2.75, 3.05) is 10.6 Å². The van der Waals surface area contributed by atoms with Crippen molar-refractivity contribution in [1.82, 2.24) is 0 Å². The molecule has 2 aliphatic carbocycles. The Morgan fingerprint density at radius 2 is 1.44 bits per heavy atom. The Morgan fingerprint density at radius 3 is 1.96 bits per heavy atom. The minimum atomic E-state index is -0.521. The SMILES string of the molecule is O=C(Nc1ccc([N+](=O)[O-])c(NC(=O)C2CCCC2)c1)C1CCCC1. The molecule has 0 atom stereocenters. The number of rotatable bonds is 5. The maximum Gasteiger partial charge on any atom is 0.292 e. The van der Waals surface area contributed by atoms with Gasteiger partial charge in [-0.25, -0.2) is 0 Å². The fourth-order valence-electron chi connectivity index (χ4n) is 3.73. The largest absolute Gasteiger partial charge is 0.326 e. The van der Waals surface area contributed by atoms with Crippen molar-refractivity contribution in [2.45, 2.75) is 51.4 Å². The maximum absolute atomic E-state index is 12.3. The van der Waals surface area contributed by atoms with Crippen LogP contribution in [0, 0.1) is 22.0 Å². The summed E-state index contributed by atoms with van der Waals surface area (Å²) in [4.78, 5) is 35.3.